The van der Waals surface area contributed by atoms with Crippen LogP contribution in [-0.2, 0) is 16.0 Å². The molecule has 1 fully saturated rings. The maximum Gasteiger partial charge on any atom is 0.409 e. The molecule has 2 amide bonds. The van der Waals surface area contributed by atoms with Crippen LogP contribution in [0.5, 0.6) is 5.75 Å². The van der Waals surface area contributed by atoms with Gasteiger partial charge in [-0.3, -0.25) is 4.79 Å². The zero-order chi connectivity index (χ0) is 20.3. The van der Waals surface area contributed by atoms with Gasteiger partial charge in [-0.1, -0.05) is 13.0 Å². The fraction of sp³-hybridized carbons (Fsp3) is 0.636. The molecule has 2 heterocycles. The fourth-order valence-corrected chi connectivity index (χ4v) is 4.50. The molecule has 6 nitrogen and oxygen atoms in total. The summed E-state index contributed by atoms with van der Waals surface area (Å²) < 4.78 is 11.1. The molecule has 0 spiro atoms. The van der Waals surface area contributed by atoms with Crippen molar-refractivity contribution in [3.63, 3.8) is 0 Å². The molecule has 0 radical (unpaired) electrons. The predicted octanol–water partition coefficient (Wildman–Crippen LogP) is 4.11. The molecular weight excluding hydrogens is 356 g/mol. The number of piperidine rings is 1. The van der Waals surface area contributed by atoms with Crippen molar-refractivity contribution in [2.45, 2.75) is 64.8 Å². The highest BCUT2D eigenvalue weighted by Crippen LogP contribution is 2.43. The van der Waals surface area contributed by atoms with Crippen LogP contribution in [0.25, 0.3) is 0 Å². The largest absolute Gasteiger partial charge is 0.493 e. The number of anilines is 1. The van der Waals surface area contributed by atoms with Gasteiger partial charge in [-0.2, -0.15) is 0 Å². The van der Waals surface area contributed by atoms with Gasteiger partial charge < -0.3 is 19.3 Å². The van der Waals surface area contributed by atoms with E-state index in [1.807, 2.05) is 4.90 Å². The molecule has 0 aliphatic carbocycles. The van der Waals surface area contributed by atoms with Crippen LogP contribution in [-0.4, -0.2) is 49.7 Å². The number of benzene rings is 1. The van der Waals surface area contributed by atoms with E-state index >= 15 is 0 Å². The molecule has 1 saturated heterocycles. The van der Waals surface area contributed by atoms with Crippen LogP contribution in [0.1, 0.15) is 63.5 Å². The number of hydrogen-bond donors (Lipinski definition) is 0. The molecule has 0 bridgehead atoms. The number of rotatable bonds is 4. The molecule has 1 aromatic carbocycles. The monoisotopic (exact) mass is 388 g/mol. The van der Waals surface area contributed by atoms with Crippen molar-refractivity contribution in [2.75, 3.05) is 31.7 Å². The maximum atomic E-state index is 12.2. The highest BCUT2D eigenvalue weighted by molar-refractivity contribution is 5.94. The summed E-state index contributed by atoms with van der Waals surface area (Å²) in [7, 11) is 1.43. The molecule has 3 rings (SSSR count). The summed E-state index contributed by atoms with van der Waals surface area (Å²) in [5.41, 5.74) is 3.37. The first-order valence-corrected chi connectivity index (χ1v) is 10.4. The lowest BCUT2D eigenvalue weighted by Crippen LogP contribution is -2.41. The topological polar surface area (TPSA) is 59.1 Å². The van der Waals surface area contributed by atoms with Gasteiger partial charge in [0.25, 0.3) is 0 Å². The zero-order valence-electron chi connectivity index (χ0n) is 17.5. The molecule has 6 heteroatoms. The first kappa shape index (κ1) is 20.5. The van der Waals surface area contributed by atoms with Crippen molar-refractivity contribution in [1.29, 1.82) is 0 Å². The van der Waals surface area contributed by atoms with Crippen molar-refractivity contribution in [3.8, 4) is 5.75 Å². The summed E-state index contributed by atoms with van der Waals surface area (Å²) in [6, 6.07) is 4.43. The molecule has 0 aromatic heterocycles. The van der Waals surface area contributed by atoms with Crippen LogP contribution in [0.3, 0.4) is 0 Å². The average molecular weight is 389 g/mol. The minimum atomic E-state index is -0.252. The SMILES string of the molecule is CCCOc1c(C2CCN(C(=O)OC)CC2)ccc2c1CC[C@H](C)N2C(C)=O. The van der Waals surface area contributed by atoms with E-state index in [0.29, 0.717) is 25.6 Å². The van der Waals surface area contributed by atoms with E-state index in [1.165, 1.54) is 12.7 Å². The quantitative estimate of drug-likeness (QED) is 0.779. The molecule has 1 aromatic rings. The van der Waals surface area contributed by atoms with E-state index in [9.17, 15) is 9.59 Å². The number of hydrogen-bond acceptors (Lipinski definition) is 4. The average Bonchev–Trinajstić information content (AvgIpc) is 2.70. The number of nitrogens with zero attached hydrogens (tertiary/aromatic N) is 2. The number of likely N-dealkylation sites (tertiary alicyclic amines) is 1. The van der Waals surface area contributed by atoms with Crippen LogP contribution < -0.4 is 9.64 Å². The summed E-state index contributed by atoms with van der Waals surface area (Å²) in [4.78, 5) is 27.7. The molecule has 154 valence electrons. The lowest BCUT2D eigenvalue weighted by molar-refractivity contribution is -0.117. The molecule has 1 atom stereocenters. The van der Waals surface area contributed by atoms with Gasteiger partial charge in [0.1, 0.15) is 5.75 Å². The van der Waals surface area contributed by atoms with Gasteiger partial charge in [0.2, 0.25) is 5.91 Å². The van der Waals surface area contributed by atoms with E-state index in [-0.39, 0.29) is 18.0 Å². The van der Waals surface area contributed by atoms with E-state index in [2.05, 4.69) is 26.0 Å². The van der Waals surface area contributed by atoms with Crippen molar-refractivity contribution in [2.24, 2.45) is 0 Å². The Labute approximate surface area is 167 Å². The molecular formula is C22H32N2O4. The molecule has 0 saturated carbocycles. The molecule has 0 unspecified atom stereocenters. The first-order valence-electron chi connectivity index (χ1n) is 10.4. The van der Waals surface area contributed by atoms with Crippen LogP contribution in [0.2, 0.25) is 0 Å². The summed E-state index contributed by atoms with van der Waals surface area (Å²) in [5.74, 6) is 1.39. The highest BCUT2D eigenvalue weighted by Gasteiger charge is 2.32. The Hall–Kier alpha value is -2.24. The molecule has 2 aliphatic rings. The van der Waals surface area contributed by atoms with Gasteiger partial charge in [-0.25, -0.2) is 4.79 Å². The third kappa shape index (κ3) is 3.96. The zero-order valence-corrected chi connectivity index (χ0v) is 17.5. The van der Waals surface area contributed by atoms with Crippen molar-refractivity contribution >= 4 is 17.7 Å². The molecule has 0 N–H and O–H groups in total. The van der Waals surface area contributed by atoms with E-state index < -0.39 is 0 Å². The first-order chi connectivity index (χ1) is 13.5. The predicted molar refractivity (Wildman–Crippen MR) is 109 cm³/mol. The fourth-order valence-electron chi connectivity index (χ4n) is 4.50. The number of carbonyl (C=O) groups excluding carboxylic acids is 2. The second-order valence-electron chi connectivity index (χ2n) is 7.84. The van der Waals surface area contributed by atoms with E-state index in [1.54, 1.807) is 11.8 Å². The smallest absolute Gasteiger partial charge is 0.409 e. The summed E-state index contributed by atoms with van der Waals surface area (Å²) in [5, 5.41) is 0. The van der Waals surface area contributed by atoms with Crippen LogP contribution in [0.15, 0.2) is 12.1 Å². The van der Waals surface area contributed by atoms with Gasteiger partial charge in [0, 0.05) is 31.6 Å². The Morgan fingerprint density at radius 2 is 1.89 bits per heavy atom. The number of ether oxygens (including phenoxy) is 2. The number of carbonyl (C=O) groups is 2. The second-order valence-corrected chi connectivity index (χ2v) is 7.84. The summed E-state index contributed by atoms with van der Waals surface area (Å²) >= 11 is 0. The Kier molecular flexibility index (Phi) is 6.47. The van der Waals surface area contributed by atoms with Crippen LogP contribution >= 0.6 is 0 Å². The lowest BCUT2D eigenvalue weighted by Gasteiger charge is -2.37. The standard InChI is InChI=1S/C22H32N2O4/c1-5-14-28-21-18(17-10-12-23(13-11-17)22(26)27-4)8-9-20-19(21)7-6-15(2)24(20)16(3)25/h8-9,15,17H,5-7,10-14H2,1-4H3/t15-/m0/s1. The number of amides is 2. The third-order valence-electron chi connectivity index (χ3n) is 5.94. The lowest BCUT2D eigenvalue weighted by atomic mass is 9.85. The van der Waals surface area contributed by atoms with Crippen molar-refractivity contribution < 1.29 is 19.1 Å². The van der Waals surface area contributed by atoms with Gasteiger partial charge in [0.05, 0.1) is 19.4 Å². The highest BCUT2D eigenvalue weighted by atomic mass is 16.5. The van der Waals surface area contributed by atoms with Gasteiger partial charge in [0.15, 0.2) is 0 Å². The third-order valence-corrected chi connectivity index (χ3v) is 5.94. The Balaban J connectivity index is 1.92. The maximum absolute atomic E-state index is 12.2. The van der Waals surface area contributed by atoms with Gasteiger partial charge in [-0.05, 0) is 56.6 Å². The Morgan fingerprint density at radius 1 is 1.18 bits per heavy atom. The Bertz CT molecular complexity index is 725. The van der Waals surface area contributed by atoms with Crippen LogP contribution in [0.4, 0.5) is 10.5 Å². The van der Waals surface area contributed by atoms with Gasteiger partial charge >= 0.3 is 6.09 Å². The normalized spacial score (nSPS) is 19.9. The van der Waals surface area contributed by atoms with Crippen molar-refractivity contribution in [1.82, 2.24) is 4.90 Å². The van der Waals surface area contributed by atoms with Gasteiger partial charge in [-0.15, -0.1) is 0 Å². The van der Waals surface area contributed by atoms with Crippen molar-refractivity contribution in [3.05, 3.63) is 23.3 Å². The second kappa shape index (κ2) is 8.84. The number of fused-ring (bicyclic) bond motifs is 1. The molecule has 28 heavy (non-hydrogen) atoms. The number of methoxy groups -OCH3 is 1. The minimum absolute atomic E-state index is 0.0778. The molecule has 2 aliphatic heterocycles. The Morgan fingerprint density at radius 3 is 2.50 bits per heavy atom. The summed E-state index contributed by atoms with van der Waals surface area (Å²) in [6.45, 7) is 7.90. The van der Waals surface area contributed by atoms with E-state index in [0.717, 1.165) is 49.1 Å². The van der Waals surface area contributed by atoms with E-state index in [4.69, 9.17) is 9.47 Å². The summed E-state index contributed by atoms with van der Waals surface area (Å²) in [6.07, 6.45) is 4.34. The minimum Gasteiger partial charge on any atom is -0.493 e. The van der Waals surface area contributed by atoms with Crippen LogP contribution in [0, 0.1) is 0 Å².